The molecule has 0 spiro atoms. The Hall–Kier alpha value is -2.90. The highest BCUT2D eigenvalue weighted by atomic mass is 19.4. The summed E-state index contributed by atoms with van der Waals surface area (Å²) >= 11 is 0. The van der Waals surface area contributed by atoms with Gasteiger partial charge in [-0.15, -0.1) is 0 Å². The van der Waals surface area contributed by atoms with Gasteiger partial charge in [-0.05, 0) is 30.3 Å². The molecular formula is C17H16F3N3O2. The van der Waals surface area contributed by atoms with Gasteiger partial charge < -0.3 is 20.7 Å². The summed E-state index contributed by atoms with van der Waals surface area (Å²) in [6.07, 6.45) is -4.45. The lowest BCUT2D eigenvalue weighted by atomic mass is 10.2. The number of hydrogen-bond acceptors (Lipinski definition) is 4. The van der Waals surface area contributed by atoms with E-state index in [2.05, 4.69) is 5.32 Å². The topological polar surface area (TPSA) is 67.6 Å². The predicted molar refractivity (Wildman–Crippen MR) is 88.6 cm³/mol. The third kappa shape index (κ3) is 3.96. The summed E-state index contributed by atoms with van der Waals surface area (Å²) in [5.74, 6) is 0.169. The lowest BCUT2D eigenvalue weighted by molar-refractivity contribution is -0.137. The van der Waals surface area contributed by atoms with Crippen LogP contribution in [0.4, 0.5) is 30.2 Å². The van der Waals surface area contributed by atoms with Crippen LogP contribution in [0.15, 0.2) is 42.5 Å². The van der Waals surface area contributed by atoms with Crippen molar-refractivity contribution in [1.29, 1.82) is 0 Å². The van der Waals surface area contributed by atoms with Crippen LogP contribution in [0.5, 0.6) is 5.75 Å². The van der Waals surface area contributed by atoms with Gasteiger partial charge in [0.2, 0.25) is 5.91 Å². The summed E-state index contributed by atoms with van der Waals surface area (Å²) in [5.41, 5.74) is 6.28. The third-order valence-electron chi connectivity index (χ3n) is 3.75. The van der Waals surface area contributed by atoms with Crippen LogP contribution in [-0.2, 0) is 11.0 Å². The average Bonchev–Trinajstić information content (AvgIpc) is 2.54. The first-order valence-electron chi connectivity index (χ1n) is 7.57. The number of fused-ring (bicyclic) bond motifs is 1. The van der Waals surface area contributed by atoms with Gasteiger partial charge in [-0.25, -0.2) is 0 Å². The Bertz CT molecular complexity index is 793. The van der Waals surface area contributed by atoms with Gasteiger partial charge in [0.25, 0.3) is 0 Å². The fourth-order valence-electron chi connectivity index (χ4n) is 2.61. The van der Waals surface area contributed by atoms with Gasteiger partial charge in [-0.2, -0.15) is 13.2 Å². The maximum atomic E-state index is 12.7. The van der Waals surface area contributed by atoms with Crippen LogP contribution in [0.1, 0.15) is 5.56 Å². The molecule has 0 bridgehead atoms. The van der Waals surface area contributed by atoms with Crippen molar-refractivity contribution in [1.82, 2.24) is 0 Å². The number of ether oxygens (including phenoxy) is 1. The molecule has 25 heavy (non-hydrogen) atoms. The summed E-state index contributed by atoms with van der Waals surface area (Å²) in [7, 11) is 0. The summed E-state index contributed by atoms with van der Waals surface area (Å²) in [6.45, 7) is 0.886. The molecule has 1 amide bonds. The van der Waals surface area contributed by atoms with Crippen molar-refractivity contribution in [2.75, 3.05) is 35.6 Å². The molecule has 0 aliphatic carbocycles. The smallest absolute Gasteiger partial charge is 0.416 e. The molecular weight excluding hydrogens is 335 g/mol. The van der Waals surface area contributed by atoms with E-state index in [0.29, 0.717) is 24.6 Å². The van der Waals surface area contributed by atoms with E-state index >= 15 is 0 Å². The Morgan fingerprint density at radius 3 is 2.80 bits per heavy atom. The minimum Gasteiger partial charge on any atom is -0.489 e. The summed E-state index contributed by atoms with van der Waals surface area (Å²) in [5, 5.41) is 2.50. The predicted octanol–water partition coefficient (Wildman–Crippen LogP) is 3.13. The molecule has 0 atom stereocenters. The number of halogens is 3. The van der Waals surface area contributed by atoms with E-state index in [0.717, 1.165) is 17.8 Å². The number of nitrogens with one attached hydrogen (secondary N) is 1. The zero-order valence-corrected chi connectivity index (χ0v) is 13.1. The van der Waals surface area contributed by atoms with Gasteiger partial charge in [0.15, 0.2) is 0 Å². The minimum absolute atomic E-state index is 0.00345. The molecule has 0 fully saturated rings. The van der Waals surface area contributed by atoms with Crippen molar-refractivity contribution in [3.63, 3.8) is 0 Å². The molecule has 8 heteroatoms. The van der Waals surface area contributed by atoms with Crippen molar-refractivity contribution in [3.8, 4) is 5.75 Å². The molecule has 1 aliphatic rings. The van der Waals surface area contributed by atoms with Gasteiger partial charge in [-0.3, -0.25) is 4.79 Å². The van der Waals surface area contributed by atoms with Crippen LogP contribution >= 0.6 is 0 Å². The largest absolute Gasteiger partial charge is 0.489 e. The maximum Gasteiger partial charge on any atom is 0.416 e. The Labute approximate surface area is 142 Å². The summed E-state index contributed by atoms with van der Waals surface area (Å²) in [6, 6.07) is 9.66. The van der Waals surface area contributed by atoms with Crippen LogP contribution in [0, 0.1) is 0 Å². The second kappa shape index (κ2) is 6.54. The number of rotatable bonds is 3. The van der Waals surface area contributed by atoms with Gasteiger partial charge in [-0.1, -0.05) is 6.07 Å². The fourth-order valence-corrected chi connectivity index (χ4v) is 2.61. The van der Waals surface area contributed by atoms with Crippen LogP contribution in [-0.4, -0.2) is 25.6 Å². The summed E-state index contributed by atoms with van der Waals surface area (Å²) < 4.78 is 43.7. The van der Waals surface area contributed by atoms with Gasteiger partial charge >= 0.3 is 6.18 Å². The van der Waals surface area contributed by atoms with Crippen LogP contribution in [0.2, 0.25) is 0 Å². The van der Waals surface area contributed by atoms with E-state index < -0.39 is 17.6 Å². The van der Waals surface area contributed by atoms with Crippen molar-refractivity contribution in [2.45, 2.75) is 6.18 Å². The number of nitrogens with two attached hydrogens (primary N) is 1. The Morgan fingerprint density at radius 2 is 2.04 bits per heavy atom. The molecule has 0 aromatic heterocycles. The van der Waals surface area contributed by atoms with Crippen LogP contribution in [0.25, 0.3) is 0 Å². The van der Waals surface area contributed by atoms with Crippen molar-refractivity contribution in [3.05, 3.63) is 48.0 Å². The lowest BCUT2D eigenvalue weighted by Gasteiger charge is -2.30. The van der Waals surface area contributed by atoms with E-state index in [9.17, 15) is 18.0 Å². The van der Waals surface area contributed by atoms with Crippen molar-refractivity contribution >= 4 is 23.0 Å². The van der Waals surface area contributed by atoms with Crippen molar-refractivity contribution < 1.29 is 22.7 Å². The number of carbonyl (C=O) groups excluding carboxylic acids is 1. The van der Waals surface area contributed by atoms with Crippen LogP contribution < -0.4 is 20.7 Å². The Balaban J connectivity index is 1.70. The lowest BCUT2D eigenvalue weighted by Crippen LogP contribution is -2.38. The van der Waals surface area contributed by atoms with E-state index in [1.807, 2.05) is 0 Å². The van der Waals surface area contributed by atoms with Gasteiger partial charge in [0, 0.05) is 17.4 Å². The molecule has 0 radical (unpaired) electrons. The van der Waals surface area contributed by atoms with E-state index in [1.165, 1.54) is 12.1 Å². The third-order valence-corrected chi connectivity index (χ3v) is 3.75. The quantitative estimate of drug-likeness (QED) is 0.834. The highest BCUT2D eigenvalue weighted by molar-refractivity contribution is 5.94. The normalized spacial score (nSPS) is 13.8. The first-order chi connectivity index (χ1) is 11.8. The number of hydrogen-bond donors (Lipinski definition) is 2. The zero-order valence-electron chi connectivity index (χ0n) is 13.1. The fraction of sp³-hybridized carbons (Fsp3) is 0.235. The molecule has 0 saturated heterocycles. The number of benzene rings is 2. The molecule has 3 N–H and O–H groups in total. The highest BCUT2D eigenvalue weighted by Crippen LogP contribution is 2.33. The van der Waals surface area contributed by atoms with Crippen molar-refractivity contribution in [2.24, 2.45) is 0 Å². The molecule has 0 saturated carbocycles. The monoisotopic (exact) mass is 351 g/mol. The first kappa shape index (κ1) is 16.9. The molecule has 0 unspecified atom stereocenters. The number of nitrogen functional groups attached to an aromatic ring is 1. The number of amides is 1. The average molecular weight is 351 g/mol. The molecule has 1 heterocycles. The van der Waals surface area contributed by atoms with E-state index in [1.54, 1.807) is 23.1 Å². The first-order valence-corrected chi connectivity index (χ1v) is 7.57. The Kier molecular flexibility index (Phi) is 4.43. The standard InChI is InChI=1S/C17H16F3N3O2/c18-17(19,20)11-2-1-3-13(8-11)22-16(24)10-23-6-7-25-15-9-12(21)4-5-14(15)23/h1-5,8-9H,6-7,10,21H2,(H,22,24). The zero-order chi connectivity index (χ0) is 18.0. The van der Waals surface area contributed by atoms with E-state index in [4.69, 9.17) is 10.5 Å². The highest BCUT2D eigenvalue weighted by Gasteiger charge is 2.30. The molecule has 3 rings (SSSR count). The Morgan fingerprint density at radius 1 is 1.24 bits per heavy atom. The molecule has 2 aromatic carbocycles. The summed E-state index contributed by atoms with van der Waals surface area (Å²) in [4.78, 5) is 14.0. The van der Waals surface area contributed by atoms with E-state index in [-0.39, 0.29) is 12.2 Å². The number of nitrogens with zero attached hydrogens (tertiary/aromatic N) is 1. The van der Waals surface area contributed by atoms with Crippen LogP contribution in [0.3, 0.4) is 0 Å². The maximum absolute atomic E-state index is 12.7. The molecule has 2 aromatic rings. The van der Waals surface area contributed by atoms with Gasteiger partial charge in [0.1, 0.15) is 12.4 Å². The molecule has 132 valence electrons. The molecule has 1 aliphatic heterocycles. The SMILES string of the molecule is Nc1ccc2c(c1)OCCN2CC(=O)Nc1cccc(C(F)(F)F)c1. The van der Waals surface area contributed by atoms with Gasteiger partial charge in [0.05, 0.1) is 24.3 Å². The number of anilines is 3. The second-order valence-electron chi connectivity index (χ2n) is 5.62. The molecule has 5 nitrogen and oxygen atoms in total. The number of alkyl halides is 3. The number of carbonyl (C=O) groups is 1. The second-order valence-corrected chi connectivity index (χ2v) is 5.62. The minimum atomic E-state index is -4.45.